The largest absolute Gasteiger partial charge is 0.356 e. The van der Waals surface area contributed by atoms with Crippen LogP contribution in [0.3, 0.4) is 0 Å². The van der Waals surface area contributed by atoms with Gasteiger partial charge < -0.3 is 9.88 Å². The number of rotatable bonds is 3. The van der Waals surface area contributed by atoms with E-state index in [2.05, 4.69) is 20.9 Å². The molecule has 0 aliphatic heterocycles. The molecule has 1 N–H and O–H groups in total. The van der Waals surface area contributed by atoms with Crippen molar-refractivity contribution in [2.45, 2.75) is 6.54 Å². The van der Waals surface area contributed by atoms with E-state index in [4.69, 9.17) is 23.2 Å². The lowest BCUT2D eigenvalue weighted by molar-refractivity contribution is 0.0780. The molecule has 0 unspecified atom stereocenters. The van der Waals surface area contributed by atoms with Crippen LogP contribution in [0.4, 0.5) is 0 Å². The molecule has 0 spiro atoms. The number of aromatic amines is 1. The van der Waals surface area contributed by atoms with Gasteiger partial charge in [0, 0.05) is 34.3 Å². The normalized spacial score (nSPS) is 10.5. The summed E-state index contributed by atoms with van der Waals surface area (Å²) in [5, 5.41) is 1.14. The van der Waals surface area contributed by atoms with Crippen LogP contribution < -0.4 is 0 Å². The summed E-state index contributed by atoms with van der Waals surface area (Å²) in [6.07, 6.45) is 1.72. The highest BCUT2D eigenvalue weighted by atomic mass is 79.9. The lowest BCUT2D eigenvalue weighted by Crippen LogP contribution is -2.26. The van der Waals surface area contributed by atoms with Crippen LogP contribution in [0.2, 0.25) is 10.0 Å². The molecule has 1 aromatic carbocycles. The van der Waals surface area contributed by atoms with Crippen LogP contribution in [0, 0.1) is 0 Å². The predicted molar refractivity (Wildman–Crippen MR) is 80.8 cm³/mol. The molecule has 0 fully saturated rings. The fourth-order valence-corrected chi connectivity index (χ4v) is 2.49. The number of carbonyl (C=O) groups is 1. The summed E-state index contributed by atoms with van der Waals surface area (Å²) in [5.74, 6) is -0.100. The van der Waals surface area contributed by atoms with Crippen molar-refractivity contribution >= 4 is 45.0 Å². The molecule has 19 heavy (non-hydrogen) atoms. The lowest BCUT2D eigenvalue weighted by Gasteiger charge is -2.17. The number of nitrogens with zero attached hydrogens (tertiary/aromatic N) is 1. The first-order chi connectivity index (χ1) is 8.97. The molecule has 1 aromatic heterocycles. The van der Waals surface area contributed by atoms with Gasteiger partial charge in [0.2, 0.25) is 0 Å². The fourth-order valence-electron chi connectivity index (χ4n) is 1.67. The molecule has 0 saturated carbocycles. The average molecular weight is 362 g/mol. The van der Waals surface area contributed by atoms with E-state index < -0.39 is 0 Å². The van der Waals surface area contributed by atoms with E-state index in [9.17, 15) is 4.79 Å². The zero-order valence-corrected chi connectivity index (χ0v) is 13.2. The van der Waals surface area contributed by atoms with Crippen molar-refractivity contribution in [2.75, 3.05) is 7.05 Å². The molecule has 2 aromatic rings. The molecule has 0 aliphatic carbocycles. The van der Waals surface area contributed by atoms with Crippen LogP contribution >= 0.6 is 39.1 Å². The van der Waals surface area contributed by atoms with E-state index >= 15 is 0 Å². The zero-order valence-electron chi connectivity index (χ0n) is 10.1. The highest BCUT2D eigenvalue weighted by molar-refractivity contribution is 9.10. The van der Waals surface area contributed by atoms with Gasteiger partial charge in [0.1, 0.15) is 5.69 Å². The fraction of sp³-hybridized carbons (Fsp3) is 0.154. The predicted octanol–water partition coefficient (Wildman–Crippen LogP) is 4.36. The Kier molecular flexibility index (Phi) is 4.55. The van der Waals surface area contributed by atoms with Crippen LogP contribution in [-0.4, -0.2) is 22.8 Å². The van der Waals surface area contributed by atoms with Crippen LogP contribution in [0.25, 0.3) is 0 Å². The van der Waals surface area contributed by atoms with Crippen molar-refractivity contribution in [3.05, 3.63) is 56.2 Å². The molecule has 0 saturated heterocycles. The third-order valence-corrected chi connectivity index (χ3v) is 3.69. The number of hydrogen-bond acceptors (Lipinski definition) is 1. The average Bonchev–Trinajstić information content (AvgIpc) is 2.78. The van der Waals surface area contributed by atoms with Gasteiger partial charge in [-0.15, -0.1) is 0 Å². The molecule has 0 radical (unpaired) electrons. The smallest absolute Gasteiger partial charge is 0.270 e. The van der Waals surface area contributed by atoms with Crippen molar-refractivity contribution in [3.8, 4) is 0 Å². The number of carbonyl (C=O) groups excluding carboxylic acids is 1. The Labute approximate surface area is 129 Å². The van der Waals surface area contributed by atoms with Crippen LogP contribution in [0.5, 0.6) is 0 Å². The highest BCUT2D eigenvalue weighted by Crippen LogP contribution is 2.22. The molecule has 1 heterocycles. The molecular weight excluding hydrogens is 351 g/mol. The monoisotopic (exact) mass is 360 g/mol. The number of amides is 1. The first-order valence-electron chi connectivity index (χ1n) is 5.50. The second kappa shape index (κ2) is 5.99. The second-order valence-electron chi connectivity index (χ2n) is 4.13. The summed E-state index contributed by atoms with van der Waals surface area (Å²) in [5.41, 5.74) is 1.38. The van der Waals surface area contributed by atoms with Gasteiger partial charge in [0.05, 0.1) is 0 Å². The second-order valence-corrected chi connectivity index (χ2v) is 5.89. The van der Waals surface area contributed by atoms with Gasteiger partial charge in [0.25, 0.3) is 5.91 Å². The number of aromatic nitrogens is 1. The van der Waals surface area contributed by atoms with Gasteiger partial charge in [-0.25, -0.2) is 0 Å². The molecular formula is C13H11BrCl2N2O. The molecule has 0 bridgehead atoms. The van der Waals surface area contributed by atoms with Crippen molar-refractivity contribution in [1.82, 2.24) is 9.88 Å². The topological polar surface area (TPSA) is 36.1 Å². The van der Waals surface area contributed by atoms with Gasteiger partial charge in [-0.1, -0.05) is 29.3 Å². The van der Waals surface area contributed by atoms with Gasteiger partial charge >= 0.3 is 0 Å². The Morgan fingerprint density at radius 2 is 2.11 bits per heavy atom. The number of benzene rings is 1. The maximum atomic E-state index is 12.1. The molecule has 100 valence electrons. The molecule has 3 nitrogen and oxygen atoms in total. The van der Waals surface area contributed by atoms with Crippen LogP contribution in [-0.2, 0) is 6.54 Å². The first kappa shape index (κ1) is 14.4. The highest BCUT2D eigenvalue weighted by Gasteiger charge is 2.15. The van der Waals surface area contributed by atoms with E-state index in [0.717, 1.165) is 10.0 Å². The van der Waals surface area contributed by atoms with E-state index in [1.54, 1.807) is 36.3 Å². The van der Waals surface area contributed by atoms with E-state index in [1.165, 1.54) is 0 Å². The molecule has 2 rings (SSSR count). The van der Waals surface area contributed by atoms with Crippen LogP contribution in [0.1, 0.15) is 16.1 Å². The Bertz CT molecular complexity index is 612. The van der Waals surface area contributed by atoms with Gasteiger partial charge in [-0.2, -0.15) is 0 Å². The van der Waals surface area contributed by atoms with Gasteiger partial charge in [-0.3, -0.25) is 4.79 Å². The lowest BCUT2D eigenvalue weighted by atomic mass is 10.2. The summed E-state index contributed by atoms with van der Waals surface area (Å²) < 4.78 is 0.841. The zero-order chi connectivity index (χ0) is 14.0. The molecule has 1 amide bonds. The van der Waals surface area contributed by atoms with E-state index in [0.29, 0.717) is 22.3 Å². The summed E-state index contributed by atoms with van der Waals surface area (Å²) in [6, 6.07) is 6.98. The molecule has 0 aliphatic rings. The van der Waals surface area contributed by atoms with E-state index in [-0.39, 0.29) is 5.91 Å². The summed E-state index contributed by atoms with van der Waals surface area (Å²) >= 11 is 15.2. The quantitative estimate of drug-likeness (QED) is 0.866. The van der Waals surface area contributed by atoms with Gasteiger partial charge in [-0.05, 0) is 39.7 Å². The Balaban J connectivity index is 2.12. The van der Waals surface area contributed by atoms with Crippen molar-refractivity contribution in [3.63, 3.8) is 0 Å². The Morgan fingerprint density at radius 1 is 1.37 bits per heavy atom. The Morgan fingerprint density at radius 3 is 2.68 bits per heavy atom. The third kappa shape index (κ3) is 3.53. The minimum absolute atomic E-state index is 0.100. The minimum Gasteiger partial charge on any atom is -0.356 e. The SMILES string of the molecule is CN(Cc1ccc(Cl)cc1Cl)C(=O)c1cc(Br)c[nH]1. The Hall–Kier alpha value is -0.970. The maximum Gasteiger partial charge on any atom is 0.270 e. The van der Waals surface area contributed by atoms with Crippen LogP contribution in [0.15, 0.2) is 34.9 Å². The number of halogens is 3. The van der Waals surface area contributed by atoms with Crippen molar-refractivity contribution < 1.29 is 4.79 Å². The summed E-state index contributed by atoms with van der Waals surface area (Å²) in [7, 11) is 1.72. The van der Waals surface area contributed by atoms with E-state index in [1.807, 2.05) is 6.07 Å². The standard InChI is InChI=1S/C13H11BrCl2N2O/c1-18(13(19)12-4-9(14)6-17-12)7-8-2-3-10(15)5-11(8)16/h2-6,17H,7H2,1H3. The number of nitrogens with one attached hydrogen (secondary N) is 1. The van der Waals surface area contributed by atoms with Crippen molar-refractivity contribution in [1.29, 1.82) is 0 Å². The summed E-state index contributed by atoms with van der Waals surface area (Å²) in [4.78, 5) is 16.6. The van der Waals surface area contributed by atoms with Crippen molar-refractivity contribution in [2.24, 2.45) is 0 Å². The number of H-pyrrole nitrogens is 1. The third-order valence-electron chi connectivity index (χ3n) is 2.65. The maximum absolute atomic E-state index is 12.1. The molecule has 0 atom stereocenters. The molecule has 6 heteroatoms. The van der Waals surface area contributed by atoms with Gasteiger partial charge in [0.15, 0.2) is 0 Å². The first-order valence-corrected chi connectivity index (χ1v) is 7.05. The number of hydrogen-bond donors (Lipinski definition) is 1. The minimum atomic E-state index is -0.100. The summed E-state index contributed by atoms with van der Waals surface area (Å²) in [6.45, 7) is 0.422.